The molecule has 1 aromatic carbocycles. The third-order valence-electron chi connectivity index (χ3n) is 5.18. The van der Waals surface area contributed by atoms with Crippen LogP contribution in [0.15, 0.2) is 48.7 Å². The lowest BCUT2D eigenvalue weighted by atomic mass is 9.86. The van der Waals surface area contributed by atoms with Crippen molar-refractivity contribution in [2.24, 2.45) is 0 Å². The molecule has 0 saturated carbocycles. The fourth-order valence-electron chi connectivity index (χ4n) is 3.89. The monoisotopic (exact) mass is 347 g/mol. The number of halogens is 3. The number of pyridine rings is 1. The van der Waals surface area contributed by atoms with Crippen LogP contribution in [0.5, 0.6) is 0 Å². The number of rotatable bonds is 4. The van der Waals surface area contributed by atoms with Gasteiger partial charge in [-0.1, -0.05) is 18.2 Å². The maximum absolute atomic E-state index is 12.6. The minimum absolute atomic E-state index is 0.491. The van der Waals surface area contributed by atoms with E-state index in [4.69, 9.17) is 0 Å². The zero-order valence-electron chi connectivity index (χ0n) is 13.8. The van der Waals surface area contributed by atoms with E-state index in [2.05, 4.69) is 14.8 Å². The fraction of sp³-hybridized carbons (Fsp3) is 0.421. The Balaban J connectivity index is 1.34. The van der Waals surface area contributed by atoms with Gasteiger partial charge in [-0.2, -0.15) is 13.2 Å². The summed E-state index contributed by atoms with van der Waals surface area (Å²) in [6, 6.07) is 12.5. The first kappa shape index (κ1) is 16.5. The molecule has 2 atom stereocenters. The van der Waals surface area contributed by atoms with E-state index in [9.17, 15) is 13.2 Å². The van der Waals surface area contributed by atoms with E-state index < -0.39 is 11.7 Å². The molecule has 2 unspecified atom stereocenters. The van der Waals surface area contributed by atoms with Gasteiger partial charge in [-0.25, -0.2) is 0 Å². The molecule has 2 bridgehead atoms. The van der Waals surface area contributed by atoms with Crippen LogP contribution in [0, 0.1) is 0 Å². The van der Waals surface area contributed by atoms with Crippen molar-refractivity contribution in [1.29, 1.82) is 0 Å². The number of nitrogens with zero attached hydrogens (tertiary/aromatic N) is 3. The number of piperazine rings is 1. The highest BCUT2D eigenvalue weighted by Crippen LogP contribution is 2.35. The summed E-state index contributed by atoms with van der Waals surface area (Å²) < 4.78 is 37.9. The number of piperidine rings is 1. The Kier molecular flexibility index (Phi) is 4.25. The second-order valence-corrected chi connectivity index (χ2v) is 6.93. The number of alkyl halides is 3. The maximum Gasteiger partial charge on any atom is 0.416 e. The molecule has 2 aromatic rings. The Hall–Kier alpha value is -1.92. The molecule has 3 fully saturated rings. The molecule has 3 aliphatic heterocycles. The highest BCUT2D eigenvalue weighted by atomic mass is 19.4. The zero-order valence-corrected chi connectivity index (χ0v) is 13.8. The van der Waals surface area contributed by atoms with Gasteiger partial charge in [0, 0.05) is 44.5 Å². The van der Waals surface area contributed by atoms with Crippen molar-refractivity contribution in [3.63, 3.8) is 0 Å². The van der Waals surface area contributed by atoms with Crippen molar-refractivity contribution in [2.75, 3.05) is 13.1 Å². The third-order valence-corrected chi connectivity index (χ3v) is 5.18. The van der Waals surface area contributed by atoms with Crippen LogP contribution in [-0.4, -0.2) is 40.0 Å². The van der Waals surface area contributed by atoms with Crippen molar-refractivity contribution < 1.29 is 13.2 Å². The predicted molar refractivity (Wildman–Crippen MR) is 88.7 cm³/mol. The van der Waals surface area contributed by atoms with Crippen LogP contribution >= 0.6 is 0 Å². The molecule has 0 N–H and O–H groups in total. The van der Waals surface area contributed by atoms with Crippen LogP contribution in [0.25, 0.3) is 0 Å². The molecule has 3 aliphatic rings. The second kappa shape index (κ2) is 6.42. The van der Waals surface area contributed by atoms with Crippen LogP contribution in [0.1, 0.15) is 23.2 Å². The van der Waals surface area contributed by atoms with E-state index in [0.717, 1.165) is 37.4 Å². The number of aromatic nitrogens is 1. The lowest BCUT2D eigenvalue weighted by Gasteiger charge is -2.56. The van der Waals surface area contributed by atoms with E-state index in [0.29, 0.717) is 12.1 Å². The van der Waals surface area contributed by atoms with Gasteiger partial charge in [0.05, 0.1) is 11.3 Å². The summed E-state index contributed by atoms with van der Waals surface area (Å²) in [7, 11) is 0. The number of fused-ring (bicyclic) bond motifs is 2. The van der Waals surface area contributed by atoms with Crippen LogP contribution in [0.3, 0.4) is 0 Å². The molecule has 3 nitrogen and oxygen atoms in total. The molecule has 0 spiro atoms. The summed E-state index contributed by atoms with van der Waals surface area (Å²) in [6.07, 6.45) is -1.27. The van der Waals surface area contributed by atoms with Gasteiger partial charge in [0.25, 0.3) is 0 Å². The fourth-order valence-corrected chi connectivity index (χ4v) is 3.89. The molecule has 25 heavy (non-hydrogen) atoms. The highest BCUT2D eigenvalue weighted by molar-refractivity contribution is 5.25. The molecule has 3 saturated heterocycles. The molecule has 132 valence electrons. The van der Waals surface area contributed by atoms with E-state index >= 15 is 0 Å². The SMILES string of the molecule is FC(F)(F)c1ccc(CN2C3CC2CN(Cc2ccccn2)C3)cc1. The smallest absolute Gasteiger partial charge is 0.294 e. The molecule has 1 aromatic heterocycles. The number of benzene rings is 1. The van der Waals surface area contributed by atoms with Crippen LogP contribution < -0.4 is 0 Å². The molecule has 0 amide bonds. The molecule has 0 radical (unpaired) electrons. The largest absolute Gasteiger partial charge is 0.416 e. The van der Waals surface area contributed by atoms with Gasteiger partial charge in [-0.3, -0.25) is 14.8 Å². The number of hydrogen-bond acceptors (Lipinski definition) is 3. The van der Waals surface area contributed by atoms with Crippen molar-refractivity contribution >= 4 is 0 Å². The summed E-state index contributed by atoms with van der Waals surface area (Å²) in [5.74, 6) is 0. The van der Waals surface area contributed by atoms with Gasteiger partial charge in [-0.15, -0.1) is 0 Å². The van der Waals surface area contributed by atoms with Gasteiger partial charge < -0.3 is 0 Å². The molecule has 0 aliphatic carbocycles. The molecular weight excluding hydrogens is 327 g/mol. The van der Waals surface area contributed by atoms with Gasteiger partial charge in [0.15, 0.2) is 0 Å². The van der Waals surface area contributed by atoms with Crippen LogP contribution in [0.4, 0.5) is 13.2 Å². The lowest BCUT2D eigenvalue weighted by molar-refractivity contribution is -0.137. The normalized spacial score (nSPS) is 24.1. The lowest BCUT2D eigenvalue weighted by Crippen LogP contribution is -2.67. The summed E-state index contributed by atoms with van der Waals surface area (Å²) >= 11 is 0. The van der Waals surface area contributed by atoms with Gasteiger partial charge in [0.1, 0.15) is 0 Å². The Morgan fingerprint density at radius 2 is 1.68 bits per heavy atom. The molecule has 4 heterocycles. The Bertz CT molecular complexity index is 703. The number of hydrogen-bond donors (Lipinski definition) is 0. The first-order valence-corrected chi connectivity index (χ1v) is 8.53. The average Bonchev–Trinajstić information content (AvgIpc) is 2.60. The quantitative estimate of drug-likeness (QED) is 0.843. The van der Waals surface area contributed by atoms with Crippen molar-refractivity contribution in [1.82, 2.24) is 14.8 Å². The standard InChI is InChI=1S/C19H20F3N3/c20-19(21,22)15-6-4-14(5-7-15)10-25-17-9-18(25)13-24(12-17)11-16-3-1-2-8-23-16/h1-8,17-18H,9-13H2. The molecular formula is C19H20F3N3. The summed E-state index contributed by atoms with van der Waals surface area (Å²) in [5, 5.41) is 0. The van der Waals surface area contributed by atoms with Gasteiger partial charge in [-0.05, 0) is 36.2 Å². The predicted octanol–water partition coefficient (Wildman–Crippen LogP) is 3.56. The minimum atomic E-state index is -4.27. The molecule has 6 heteroatoms. The van der Waals surface area contributed by atoms with E-state index in [1.165, 1.54) is 18.6 Å². The zero-order chi connectivity index (χ0) is 17.4. The van der Waals surface area contributed by atoms with Crippen LogP contribution in [-0.2, 0) is 19.3 Å². The van der Waals surface area contributed by atoms with Crippen molar-refractivity contribution in [3.8, 4) is 0 Å². The summed E-state index contributed by atoms with van der Waals surface area (Å²) in [4.78, 5) is 9.22. The van der Waals surface area contributed by atoms with Gasteiger partial charge >= 0.3 is 6.18 Å². The average molecular weight is 347 g/mol. The first-order chi connectivity index (χ1) is 12.0. The van der Waals surface area contributed by atoms with Crippen molar-refractivity contribution in [2.45, 2.75) is 37.8 Å². The minimum Gasteiger partial charge on any atom is -0.294 e. The summed E-state index contributed by atoms with van der Waals surface area (Å²) in [6.45, 7) is 3.58. The third kappa shape index (κ3) is 3.55. The van der Waals surface area contributed by atoms with E-state index in [1.54, 1.807) is 12.1 Å². The second-order valence-electron chi connectivity index (χ2n) is 6.93. The van der Waals surface area contributed by atoms with Crippen molar-refractivity contribution in [3.05, 3.63) is 65.5 Å². The Labute approximate surface area is 145 Å². The van der Waals surface area contributed by atoms with E-state index in [-0.39, 0.29) is 0 Å². The highest BCUT2D eigenvalue weighted by Gasteiger charge is 2.44. The maximum atomic E-state index is 12.6. The molecule has 5 rings (SSSR count). The van der Waals surface area contributed by atoms with Crippen LogP contribution in [0.2, 0.25) is 0 Å². The topological polar surface area (TPSA) is 19.4 Å². The first-order valence-electron chi connectivity index (χ1n) is 8.53. The van der Waals surface area contributed by atoms with Gasteiger partial charge in [0.2, 0.25) is 0 Å². The van der Waals surface area contributed by atoms with E-state index in [1.807, 2.05) is 24.4 Å². The Morgan fingerprint density at radius 3 is 2.28 bits per heavy atom. The summed E-state index contributed by atoms with van der Waals surface area (Å²) in [5.41, 5.74) is 1.44. The Morgan fingerprint density at radius 1 is 0.960 bits per heavy atom.